The van der Waals surface area contributed by atoms with Crippen molar-refractivity contribution in [2.45, 2.75) is 19.3 Å². The zero-order chi connectivity index (χ0) is 22.1. The van der Waals surface area contributed by atoms with Crippen LogP contribution in [0.2, 0.25) is 0 Å². The highest BCUT2D eigenvalue weighted by Crippen LogP contribution is 2.29. The van der Waals surface area contributed by atoms with Crippen LogP contribution in [0.1, 0.15) is 18.4 Å². The highest BCUT2D eigenvalue weighted by Gasteiger charge is 2.28. The summed E-state index contributed by atoms with van der Waals surface area (Å²) in [5.74, 6) is 0.904. The molecule has 1 aliphatic heterocycles. The number of likely N-dealkylation sites (tertiary alicyclic amines) is 1. The molecule has 0 saturated carbocycles. The number of carbonyl (C=O) groups excluding carboxylic acids is 3. The Morgan fingerprint density at radius 2 is 1.70 bits per heavy atom. The van der Waals surface area contributed by atoms with E-state index < -0.39 is 0 Å². The average Bonchev–Trinajstić information content (AvgIpc) is 2.78. The van der Waals surface area contributed by atoms with Gasteiger partial charge in [-0.2, -0.15) is 0 Å². The minimum atomic E-state index is -0.338. The quantitative estimate of drug-likeness (QED) is 0.680. The summed E-state index contributed by atoms with van der Waals surface area (Å²) in [6.45, 7) is 1.56. The molecule has 0 radical (unpaired) electrons. The minimum absolute atomic E-state index is 0.0238. The topological polar surface area (TPSA) is 97.4 Å². The van der Waals surface area contributed by atoms with Gasteiger partial charge in [-0.15, -0.1) is 0 Å². The molecule has 1 aliphatic rings. The van der Waals surface area contributed by atoms with Crippen LogP contribution in [0.4, 0.5) is 4.79 Å². The van der Waals surface area contributed by atoms with Crippen LogP contribution in [0, 0.1) is 5.92 Å². The number of nitrogens with zero attached hydrogens (tertiary/aromatic N) is 2. The molecule has 1 aromatic rings. The highest BCUT2D eigenvalue weighted by atomic mass is 16.5. The van der Waals surface area contributed by atoms with Crippen LogP contribution in [-0.4, -0.2) is 82.3 Å². The number of methoxy groups -OCH3 is 3. The largest absolute Gasteiger partial charge is 0.496 e. The molecule has 1 N–H and O–H groups in total. The van der Waals surface area contributed by atoms with Gasteiger partial charge in [0.1, 0.15) is 11.5 Å². The number of rotatable bonds is 8. The predicted molar refractivity (Wildman–Crippen MR) is 111 cm³/mol. The van der Waals surface area contributed by atoms with Crippen LogP contribution in [0.5, 0.6) is 11.5 Å². The summed E-state index contributed by atoms with van der Waals surface area (Å²) in [7, 11) is 5.99. The highest BCUT2D eigenvalue weighted by molar-refractivity contribution is 5.86. The van der Waals surface area contributed by atoms with Gasteiger partial charge in [-0.3, -0.25) is 9.59 Å². The van der Waals surface area contributed by atoms with E-state index in [-0.39, 0.29) is 36.8 Å². The zero-order valence-electron chi connectivity index (χ0n) is 18.1. The Morgan fingerprint density at radius 3 is 2.20 bits per heavy atom. The summed E-state index contributed by atoms with van der Waals surface area (Å²) >= 11 is 0. The monoisotopic (exact) mass is 421 g/mol. The Morgan fingerprint density at radius 1 is 1.10 bits per heavy atom. The van der Waals surface area contributed by atoms with E-state index in [1.165, 1.54) is 7.11 Å². The van der Waals surface area contributed by atoms with Crippen molar-refractivity contribution in [2.75, 3.05) is 54.6 Å². The summed E-state index contributed by atoms with van der Waals surface area (Å²) in [5, 5.41) is 2.57. The molecular formula is C21H31N3O6. The van der Waals surface area contributed by atoms with Crippen molar-refractivity contribution in [1.82, 2.24) is 15.1 Å². The van der Waals surface area contributed by atoms with E-state index in [0.29, 0.717) is 36.7 Å². The molecule has 0 unspecified atom stereocenters. The first-order valence-electron chi connectivity index (χ1n) is 9.94. The van der Waals surface area contributed by atoms with Gasteiger partial charge in [0.15, 0.2) is 0 Å². The summed E-state index contributed by atoms with van der Waals surface area (Å²) in [4.78, 5) is 40.1. The van der Waals surface area contributed by atoms with Crippen molar-refractivity contribution >= 4 is 17.9 Å². The van der Waals surface area contributed by atoms with Crippen LogP contribution < -0.4 is 14.8 Å². The molecule has 1 saturated heterocycles. The Labute approximate surface area is 177 Å². The molecule has 1 fully saturated rings. The van der Waals surface area contributed by atoms with Gasteiger partial charge in [-0.1, -0.05) is 6.07 Å². The molecule has 0 atom stereocenters. The first-order chi connectivity index (χ1) is 14.4. The number of benzene rings is 1. The smallest absolute Gasteiger partial charge is 0.409 e. The lowest BCUT2D eigenvalue weighted by Gasteiger charge is -2.34. The molecule has 166 valence electrons. The van der Waals surface area contributed by atoms with Gasteiger partial charge in [-0.05, 0) is 30.9 Å². The normalized spacial score (nSPS) is 14.1. The molecule has 30 heavy (non-hydrogen) atoms. The van der Waals surface area contributed by atoms with Gasteiger partial charge < -0.3 is 29.3 Å². The van der Waals surface area contributed by atoms with E-state index in [4.69, 9.17) is 14.2 Å². The van der Waals surface area contributed by atoms with Crippen molar-refractivity contribution < 1.29 is 28.6 Å². The third kappa shape index (κ3) is 6.01. The lowest BCUT2D eigenvalue weighted by atomic mass is 9.96. The second kappa shape index (κ2) is 11.3. The molecule has 9 nitrogen and oxygen atoms in total. The molecule has 0 aromatic heterocycles. The summed E-state index contributed by atoms with van der Waals surface area (Å²) in [6.07, 6.45) is 1.20. The maximum Gasteiger partial charge on any atom is 0.409 e. The van der Waals surface area contributed by atoms with E-state index >= 15 is 0 Å². The van der Waals surface area contributed by atoms with Gasteiger partial charge in [-0.25, -0.2) is 4.79 Å². The fourth-order valence-corrected chi connectivity index (χ4v) is 3.61. The Kier molecular flexibility index (Phi) is 8.76. The second-order valence-corrected chi connectivity index (χ2v) is 7.17. The van der Waals surface area contributed by atoms with Crippen molar-refractivity contribution in [3.63, 3.8) is 0 Å². The number of carbonyl (C=O) groups is 3. The number of ether oxygens (including phenoxy) is 3. The van der Waals surface area contributed by atoms with Gasteiger partial charge in [0.2, 0.25) is 11.8 Å². The van der Waals surface area contributed by atoms with E-state index in [0.717, 1.165) is 12.8 Å². The number of nitrogens with one attached hydrogen (secondary N) is 1. The van der Waals surface area contributed by atoms with Crippen LogP contribution in [-0.2, 0) is 20.7 Å². The van der Waals surface area contributed by atoms with Crippen LogP contribution in [0.3, 0.4) is 0 Å². The van der Waals surface area contributed by atoms with Gasteiger partial charge >= 0.3 is 6.09 Å². The molecule has 9 heteroatoms. The summed E-state index contributed by atoms with van der Waals surface area (Å²) in [6, 6.07) is 5.34. The Hall–Kier alpha value is -2.97. The fourth-order valence-electron chi connectivity index (χ4n) is 3.61. The lowest BCUT2D eigenvalue weighted by Crippen LogP contribution is -2.46. The number of hydrogen-bond donors (Lipinski definition) is 1. The van der Waals surface area contributed by atoms with Crippen LogP contribution in [0.15, 0.2) is 18.2 Å². The van der Waals surface area contributed by atoms with Gasteiger partial charge in [0, 0.05) is 32.2 Å². The number of amides is 3. The van der Waals surface area contributed by atoms with E-state index in [9.17, 15) is 14.4 Å². The van der Waals surface area contributed by atoms with Crippen molar-refractivity contribution in [3.8, 4) is 11.5 Å². The molecule has 0 aliphatic carbocycles. The first-order valence-corrected chi connectivity index (χ1v) is 9.94. The van der Waals surface area contributed by atoms with Gasteiger partial charge in [0.05, 0.1) is 34.3 Å². The molecule has 3 amide bonds. The first kappa shape index (κ1) is 23.3. The molecular weight excluding hydrogens is 390 g/mol. The average molecular weight is 421 g/mol. The maximum atomic E-state index is 13.1. The molecule has 0 bridgehead atoms. The summed E-state index contributed by atoms with van der Waals surface area (Å²) < 4.78 is 15.5. The van der Waals surface area contributed by atoms with E-state index in [1.54, 1.807) is 49.3 Å². The van der Waals surface area contributed by atoms with Crippen molar-refractivity contribution in [1.29, 1.82) is 0 Å². The molecule has 1 aromatic carbocycles. The molecule has 1 heterocycles. The van der Waals surface area contributed by atoms with Crippen LogP contribution >= 0.6 is 0 Å². The standard InChI is InChI=1S/C21H31N3O6/c1-22-19(25)14-24(13-15-8-10-23(11-9-15)21(27)30-4)20(26)12-16-17(28-2)6-5-7-18(16)29-3/h5-7,15H,8-14H2,1-4H3,(H,22,25). The summed E-state index contributed by atoms with van der Waals surface area (Å²) in [5.41, 5.74) is 0.648. The predicted octanol–water partition coefficient (Wildman–Crippen LogP) is 1.30. The van der Waals surface area contributed by atoms with E-state index in [1.807, 2.05) is 0 Å². The Balaban J connectivity index is 2.11. The third-order valence-electron chi connectivity index (χ3n) is 5.35. The maximum absolute atomic E-state index is 13.1. The SMILES string of the molecule is CNC(=O)CN(CC1CCN(C(=O)OC)CC1)C(=O)Cc1c(OC)cccc1OC. The third-order valence-corrected chi connectivity index (χ3v) is 5.35. The Bertz CT molecular complexity index is 724. The number of likely N-dealkylation sites (N-methyl/N-ethyl adjacent to an activating group) is 1. The second-order valence-electron chi connectivity index (χ2n) is 7.17. The minimum Gasteiger partial charge on any atom is -0.496 e. The molecule has 2 rings (SSSR count). The zero-order valence-corrected chi connectivity index (χ0v) is 18.1. The number of hydrogen-bond acceptors (Lipinski definition) is 6. The fraction of sp³-hybridized carbons (Fsp3) is 0.571. The number of piperidine rings is 1. The molecule has 0 spiro atoms. The van der Waals surface area contributed by atoms with Crippen LogP contribution in [0.25, 0.3) is 0 Å². The van der Waals surface area contributed by atoms with E-state index in [2.05, 4.69) is 5.32 Å². The lowest BCUT2D eigenvalue weighted by molar-refractivity contribution is -0.136. The van der Waals surface area contributed by atoms with Crippen molar-refractivity contribution in [3.05, 3.63) is 23.8 Å². The van der Waals surface area contributed by atoms with Gasteiger partial charge in [0.25, 0.3) is 0 Å². The van der Waals surface area contributed by atoms with Crippen molar-refractivity contribution in [2.24, 2.45) is 5.92 Å².